The second-order valence-corrected chi connectivity index (χ2v) is 9.98. The van der Waals surface area contributed by atoms with E-state index in [2.05, 4.69) is 20.2 Å². The third kappa shape index (κ3) is 4.10. The molecule has 0 spiro atoms. The molecular weight excluding hydrogens is 493 g/mol. The number of nitrogens with zero attached hydrogens (tertiary/aromatic N) is 4. The third-order valence-electron chi connectivity index (χ3n) is 5.82. The number of rotatable bonds is 3. The summed E-state index contributed by atoms with van der Waals surface area (Å²) in [7, 11) is -2.70. The fraction of sp³-hybridized carbons (Fsp3) is 0.350. The summed E-state index contributed by atoms with van der Waals surface area (Å²) in [4.78, 5) is 14.4. The van der Waals surface area contributed by atoms with Crippen LogP contribution in [0.4, 0.5) is 24.9 Å². The van der Waals surface area contributed by atoms with Crippen LogP contribution in [-0.2, 0) is 17.1 Å². The van der Waals surface area contributed by atoms with Crippen LogP contribution in [0.25, 0.3) is 0 Å². The van der Waals surface area contributed by atoms with Crippen LogP contribution in [0.3, 0.4) is 0 Å². The summed E-state index contributed by atoms with van der Waals surface area (Å²) in [6.07, 6.45) is 1.20. The lowest BCUT2D eigenvalue weighted by atomic mass is 10.1. The molecule has 5 rings (SSSR count). The lowest BCUT2D eigenvalue weighted by molar-refractivity contribution is 0.101. The van der Waals surface area contributed by atoms with Crippen molar-refractivity contribution in [2.75, 3.05) is 29.9 Å². The van der Waals surface area contributed by atoms with E-state index in [9.17, 15) is 26.4 Å². The maximum atomic E-state index is 13.6. The first-order valence-corrected chi connectivity index (χ1v) is 11.9. The Hall–Kier alpha value is -3.59. The molecule has 0 aliphatic carbocycles. The van der Waals surface area contributed by atoms with Crippen LogP contribution in [0.1, 0.15) is 16.4 Å². The maximum Gasteiger partial charge on any atom is 0.318 e. The highest BCUT2D eigenvalue weighted by molar-refractivity contribution is 7.89. The Morgan fingerprint density at radius 2 is 1.91 bits per heavy atom. The largest absolute Gasteiger partial charge is 0.489 e. The fourth-order valence-electron chi connectivity index (χ4n) is 4.19. The first-order valence-electron chi connectivity index (χ1n) is 10.4. The van der Waals surface area contributed by atoms with Gasteiger partial charge in [0, 0.05) is 63.0 Å². The van der Waals surface area contributed by atoms with Crippen molar-refractivity contribution >= 4 is 27.6 Å². The molecule has 11 nitrogen and oxygen atoms in total. The number of carbonyl (C=O) groups is 1. The van der Waals surface area contributed by atoms with Crippen molar-refractivity contribution in [2.45, 2.75) is 17.9 Å². The second-order valence-electron chi connectivity index (χ2n) is 8.30. The van der Waals surface area contributed by atoms with E-state index in [1.165, 1.54) is 17.8 Å². The van der Waals surface area contributed by atoms with E-state index in [0.717, 1.165) is 0 Å². The van der Waals surface area contributed by atoms with Gasteiger partial charge in [-0.05, 0) is 0 Å². The van der Waals surface area contributed by atoms with Crippen molar-refractivity contribution in [3.8, 4) is 5.75 Å². The molecule has 15 heteroatoms. The summed E-state index contributed by atoms with van der Waals surface area (Å²) in [5, 5.41) is 10.00. The Bertz CT molecular complexity index is 1420. The van der Waals surface area contributed by atoms with E-state index >= 15 is 0 Å². The number of sulfonamides is 1. The Balaban J connectivity index is 1.44. The number of nitrogens with one attached hydrogen (secondary N) is 2. The fourth-order valence-corrected chi connectivity index (χ4v) is 5.67. The predicted molar refractivity (Wildman–Crippen MR) is 114 cm³/mol. The Labute approximate surface area is 196 Å². The van der Waals surface area contributed by atoms with E-state index in [0.29, 0.717) is 24.6 Å². The quantitative estimate of drug-likeness (QED) is 0.506. The topological polar surface area (TPSA) is 132 Å². The van der Waals surface area contributed by atoms with E-state index in [-0.39, 0.29) is 47.1 Å². The molecule has 0 unspecified atom stereocenters. The minimum Gasteiger partial charge on any atom is -0.489 e. The number of amides is 1. The number of halogens is 3. The zero-order valence-electron chi connectivity index (χ0n) is 18.4. The van der Waals surface area contributed by atoms with Gasteiger partial charge >= 0.3 is 6.01 Å². The van der Waals surface area contributed by atoms with Gasteiger partial charge in [-0.2, -0.15) is 0 Å². The summed E-state index contributed by atoms with van der Waals surface area (Å²) in [6.45, 7) is 2.31. The minimum atomic E-state index is -4.12. The predicted octanol–water partition coefficient (Wildman–Crippen LogP) is 1.56. The molecule has 35 heavy (non-hydrogen) atoms. The number of aromatic nitrogens is 3. The van der Waals surface area contributed by atoms with Gasteiger partial charge in [0.05, 0.1) is 6.61 Å². The van der Waals surface area contributed by atoms with Crippen molar-refractivity contribution in [3.05, 3.63) is 47.4 Å². The van der Waals surface area contributed by atoms with Crippen molar-refractivity contribution in [1.82, 2.24) is 19.5 Å². The third-order valence-corrected chi connectivity index (χ3v) is 7.31. The Morgan fingerprint density at radius 3 is 2.57 bits per heavy atom. The van der Waals surface area contributed by atoms with Gasteiger partial charge in [-0.1, -0.05) is 5.10 Å². The van der Waals surface area contributed by atoms with Crippen LogP contribution in [0.15, 0.2) is 27.6 Å². The number of aryl methyl sites for hydroxylation is 2. The van der Waals surface area contributed by atoms with Crippen LogP contribution in [0.5, 0.6) is 5.75 Å². The number of benzene rings is 1. The molecule has 1 aromatic carbocycles. The first kappa shape index (κ1) is 23.2. The zero-order chi connectivity index (χ0) is 25.1. The van der Waals surface area contributed by atoms with Crippen LogP contribution in [-0.4, -0.2) is 54.8 Å². The molecule has 2 aliphatic heterocycles. The molecule has 2 N–H and O–H groups in total. The lowest BCUT2D eigenvalue weighted by Crippen LogP contribution is -2.43. The molecular formula is C20H19F3N6O5S. The van der Waals surface area contributed by atoms with Crippen molar-refractivity contribution in [1.29, 1.82) is 0 Å². The zero-order valence-corrected chi connectivity index (χ0v) is 19.2. The van der Waals surface area contributed by atoms with Gasteiger partial charge in [-0.25, -0.2) is 26.3 Å². The molecule has 0 saturated carbocycles. The number of carbonyl (C=O) groups excluding carboxylic acids is 1. The molecule has 0 bridgehead atoms. The molecule has 1 saturated heterocycles. The van der Waals surface area contributed by atoms with Gasteiger partial charge in [-0.3, -0.25) is 4.79 Å². The summed E-state index contributed by atoms with van der Waals surface area (Å²) in [5.41, 5.74) is -0.550. The monoisotopic (exact) mass is 512 g/mol. The lowest BCUT2D eigenvalue weighted by Gasteiger charge is -2.23. The molecule has 1 amide bonds. The highest BCUT2D eigenvalue weighted by Gasteiger charge is 2.42. The molecule has 4 heterocycles. The van der Waals surface area contributed by atoms with Gasteiger partial charge in [0.1, 0.15) is 4.90 Å². The minimum absolute atomic E-state index is 0.0495. The molecule has 1 fully saturated rings. The normalized spacial score (nSPS) is 21.0. The van der Waals surface area contributed by atoms with Crippen molar-refractivity contribution < 1.29 is 35.5 Å². The van der Waals surface area contributed by atoms with Crippen molar-refractivity contribution in [2.24, 2.45) is 13.0 Å². The average molecular weight is 512 g/mol. The average Bonchev–Trinajstić information content (AvgIpc) is 3.46. The molecule has 2 aliphatic rings. The van der Waals surface area contributed by atoms with E-state index in [4.69, 9.17) is 9.15 Å². The van der Waals surface area contributed by atoms with Gasteiger partial charge in [0.25, 0.3) is 5.91 Å². The number of anilines is 2. The number of hydrogen-bond donors (Lipinski definition) is 2. The van der Waals surface area contributed by atoms with Gasteiger partial charge in [0.15, 0.2) is 28.9 Å². The maximum absolute atomic E-state index is 13.6. The van der Waals surface area contributed by atoms with E-state index in [1.807, 2.05) is 0 Å². The van der Waals surface area contributed by atoms with Crippen LogP contribution < -0.4 is 19.7 Å². The smallest absolute Gasteiger partial charge is 0.318 e. The number of hydrogen-bond acceptors (Lipinski definition) is 8. The first-order chi connectivity index (χ1) is 16.5. The molecule has 2 atom stereocenters. The summed E-state index contributed by atoms with van der Waals surface area (Å²) in [5.74, 6) is -5.72. The van der Waals surface area contributed by atoms with Crippen LogP contribution >= 0.6 is 0 Å². The summed E-state index contributed by atoms with van der Waals surface area (Å²) in [6, 6.07) is 0.951. The molecule has 2 aromatic heterocycles. The standard InChI is InChI=1S/C20H19F3N6O5S/c1-9-25-26-20(34-9)29-5-10-8-33-18-15(35(31,32)27-14(10)6-29)7-28(2)17(18)19(30)24-11-3-12(21)16(23)13(22)4-11/h3-4,7,10,14,27H,5-6,8H2,1-2H3,(H,24,30)/t10-,14-/m1/s1. The van der Waals surface area contributed by atoms with Crippen molar-refractivity contribution in [3.63, 3.8) is 0 Å². The summed E-state index contributed by atoms with van der Waals surface area (Å²) >= 11 is 0. The second kappa shape index (κ2) is 8.27. The molecule has 0 radical (unpaired) electrons. The van der Waals surface area contributed by atoms with Gasteiger partial charge < -0.3 is 23.9 Å². The Kier molecular flexibility index (Phi) is 5.47. The van der Waals surface area contributed by atoms with E-state index < -0.39 is 39.4 Å². The SMILES string of the molecule is Cc1nnc(N2C[C@@H]3COc4c(cn(C)c4C(=O)Nc4cc(F)c(F)c(F)c4)S(=O)(=O)N[C@@H]3C2)o1. The molecule has 3 aromatic rings. The highest BCUT2D eigenvalue weighted by Crippen LogP contribution is 2.35. The van der Waals surface area contributed by atoms with E-state index in [1.54, 1.807) is 11.8 Å². The summed E-state index contributed by atoms with van der Waals surface area (Å²) < 4.78 is 81.8. The van der Waals surface area contributed by atoms with Crippen LogP contribution in [0.2, 0.25) is 0 Å². The van der Waals surface area contributed by atoms with Gasteiger partial charge in [0.2, 0.25) is 15.9 Å². The molecule has 186 valence electrons. The number of fused-ring (bicyclic) bond motifs is 2. The Morgan fingerprint density at radius 1 is 1.20 bits per heavy atom. The van der Waals surface area contributed by atoms with Gasteiger partial charge in [-0.15, -0.1) is 5.10 Å². The number of ether oxygens (including phenoxy) is 1. The highest BCUT2D eigenvalue weighted by atomic mass is 32.2. The van der Waals surface area contributed by atoms with Crippen LogP contribution in [0, 0.1) is 30.3 Å².